The average molecular weight is 268 g/mol. The number of nitrogens with two attached hydrogens (primary N) is 1. The van der Waals surface area contributed by atoms with Crippen LogP contribution in [-0.4, -0.2) is 34.3 Å². The molecule has 19 heavy (non-hydrogen) atoms. The second kappa shape index (κ2) is 6.21. The molecule has 1 atom stereocenters. The standard InChI is InChI=1S/C12H20N4O3/c1-5-8-9(13)10(16(4)15-8)11(17)14-7(3)12(18)19-6-2/h7H,5-6,13H2,1-4H3,(H,14,17). The van der Waals surface area contributed by atoms with Crippen molar-refractivity contribution in [2.24, 2.45) is 7.05 Å². The number of ether oxygens (including phenoxy) is 1. The van der Waals surface area contributed by atoms with E-state index in [0.717, 1.165) is 0 Å². The van der Waals surface area contributed by atoms with E-state index in [9.17, 15) is 9.59 Å². The van der Waals surface area contributed by atoms with Gasteiger partial charge in [-0.05, 0) is 20.3 Å². The number of carbonyl (C=O) groups is 2. The molecule has 1 amide bonds. The third-order valence-electron chi connectivity index (χ3n) is 2.70. The van der Waals surface area contributed by atoms with Crippen LogP contribution in [0.4, 0.5) is 5.69 Å². The second-order valence-corrected chi connectivity index (χ2v) is 4.13. The van der Waals surface area contributed by atoms with Crippen molar-refractivity contribution in [3.05, 3.63) is 11.4 Å². The van der Waals surface area contributed by atoms with Gasteiger partial charge in [0, 0.05) is 7.05 Å². The molecule has 0 fully saturated rings. The number of esters is 1. The van der Waals surface area contributed by atoms with Gasteiger partial charge >= 0.3 is 5.97 Å². The monoisotopic (exact) mass is 268 g/mol. The lowest BCUT2D eigenvalue weighted by molar-refractivity contribution is -0.144. The Morgan fingerprint density at radius 3 is 2.58 bits per heavy atom. The molecule has 0 spiro atoms. The molecule has 106 valence electrons. The Morgan fingerprint density at radius 2 is 2.11 bits per heavy atom. The maximum absolute atomic E-state index is 12.1. The molecular formula is C12H20N4O3. The Kier molecular flexibility index (Phi) is 4.91. The smallest absolute Gasteiger partial charge is 0.328 e. The number of hydrogen-bond donors (Lipinski definition) is 2. The summed E-state index contributed by atoms with van der Waals surface area (Å²) in [4.78, 5) is 23.5. The molecular weight excluding hydrogens is 248 g/mol. The SMILES string of the molecule is CCOC(=O)C(C)NC(=O)c1c(N)c(CC)nn1C. The fourth-order valence-corrected chi connectivity index (χ4v) is 1.72. The molecule has 0 bridgehead atoms. The first-order valence-corrected chi connectivity index (χ1v) is 6.21. The molecule has 0 saturated heterocycles. The summed E-state index contributed by atoms with van der Waals surface area (Å²) in [7, 11) is 1.64. The van der Waals surface area contributed by atoms with Crippen molar-refractivity contribution in [3.8, 4) is 0 Å². The Bertz CT molecular complexity index is 482. The van der Waals surface area contributed by atoms with E-state index in [1.54, 1.807) is 20.9 Å². The summed E-state index contributed by atoms with van der Waals surface area (Å²) in [5, 5.41) is 6.70. The summed E-state index contributed by atoms with van der Waals surface area (Å²) in [5.74, 6) is -0.917. The molecule has 3 N–H and O–H groups in total. The normalized spacial score (nSPS) is 12.0. The molecule has 0 aliphatic heterocycles. The van der Waals surface area contributed by atoms with E-state index in [1.807, 2.05) is 6.92 Å². The van der Waals surface area contributed by atoms with Crippen molar-refractivity contribution in [1.29, 1.82) is 0 Å². The van der Waals surface area contributed by atoms with E-state index in [1.165, 1.54) is 4.68 Å². The lowest BCUT2D eigenvalue weighted by Crippen LogP contribution is -2.40. The van der Waals surface area contributed by atoms with Gasteiger partial charge in [-0.1, -0.05) is 6.92 Å². The Hall–Kier alpha value is -2.05. The van der Waals surface area contributed by atoms with Crippen molar-refractivity contribution >= 4 is 17.6 Å². The van der Waals surface area contributed by atoms with E-state index in [4.69, 9.17) is 10.5 Å². The molecule has 1 rings (SSSR count). The first kappa shape index (κ1) is 15.0. The van der Waals surface area contributed by atoms with Crippen LogP contribution < -0.4 is 11.1 Å². The maximum atomic E-state index is 12.1. The Morgan fingerprint density at radius 1 is 1.47 bits per heavy atom. The summed E-state index contributed by atoms with van der Waals surface area (Å²) >= 11 is 0. The minimum absolute atomic E-state index is 0.257. The van der Waals surface area contributed by atoms with E-state index in [0.29, 0.717) is 17.8 Å². The minimum atomic E-state index is -0.730. The summed E-state index contributed by atoms with van der Waals surface area (Å²) in [6.45, 7) is 5.44. The number of aromatic nitrogens is 2. The van der Waals surface area contributed by atoms with Gasteiger partial charge in [0.15, 0.2) is 0 Å². The van der Waals surface area contributed by atoms with Crippen LogP contribution in [0.5, 0.6) is 0 Å². The molecule has 1 aromatic rings. The first-order valence-electron chi connectivity index (χ1n) is 6.21. The second-order valence-electron chi connectivity index (χ2n) is 4.13. The highest BCUT2D eigenvalue weighted by atomic mass is 16.5. The fourth-order valence-electron chi connectivity index (χ4n) is 1.72. The van der Waals surface area contributed by atoms with Gasteiger partial charge in [0.1, 0.15) is 11.7 Å². The third kappa shape index (κ3) is 3.24. The Balaban J connectivity index is 2.84. The van der Waals surface area contributed by atoms with Crippen molar-refractivity contribution in [2.75, 3.05) is 12.3 Å². The number of nitrogens with one attached hydrogen (secondary N) is 1. The topological polar surface area (TPSA) is 99.2 Å². The lowest BCUT2D eigenvalue weighted by Gasteiger charge is -2.12. The number of rotatable bonds is 5. The van der Waals surface area contributed by atoms with Gasteiger partial charge in [-0.2, -0.15) is 5.10 Å². The van der Waals surface area contributed by atoms with E-state index >= 15 is 0 Å². The fraction of sp³-hybridized carbons (Fsp3) is 0.583. The van der Waals surface area contributed by atoms with Gasteiger partial charge in [-0.25, -0.2) is 4.79 Å². The van der Waals surface area contributed by atoms with Gasteiger partial charge < -0.3 is 15.8 Å². The van der Waals surface area contributed by atoms with Gasteiger partial charge in [-0.15, -0.1) is 0 Å². The van der Waals surface area contributed by atoms with Crippen LogP contribution in [0.2, 0.25) is 0 Å². The highest BCUT2D eigenvalue weighted by Gasteiger charge is 2.23. The molecule has 0 aliphatic carbocycles. The molecule has 0 radical (unpaired) electrons. The number of anilines is 1. The zero-order valence-electron chi connectivity index (χ0n) is 11.7. The number of nitrogen functional groups attached to an aromatic ring is 1. The lowest BCUT2D eigenvalue weighted by atomic mass is 10.2. The van der Waals surface area contributed by atoms with Crippen LogP contribution in [0.15, 0.2) is 0 Å². The molecule has 0 aliphatic rings. The van der Waals surface area contributed by atoms with Crippen molar-refractivity contribution in [2.45, 2.75) is 33.2 Å². The first-order chi connectivity index (χ1) is 8.92. The average Bonchev–Trinajstić information content (AvgIpc) is 2.64. The number of hydrogen-bond acceptors (Lipinski definition) is 5. The van der Waals surface area contributed by atoms with E-state index in [-0.39, 0.29) is 12.3 Å². The summed E-state index contributed by atoms with van der Waals surface area (Å²) in [5.41, 5.74) is 7.13. The maximum Gasteiger partial charge on any atom is 0.328 e. The van der Waals surface area contributed by atoms with Crippen molar-refractivity contribution < 1.29 is 14.3 Å². The zero-order valence-corrected chi connectivity index (χ0v) is 11.7. The van der Waals surface area contributed by atoms with Crippen molar-refractivity contribution in [1.82, 2.24) is 15.1 Å². The summed E-state index contributed by atoms with van der Waals surface area (Å²) in [6.07, 6.45) is 0.639. The largest absolute Gasteiger partial charge is 0.464 e. The van der Waals surface area contributed by atoms with Gasteiger partial charge in [0.25, 0.3) is 5.91 Å². The molecule has 0 aromatic carbocycles. The zero-order chi connectivity index (χ0) is 14.6. The quantitative estimate of drug-likeness (QED) is 0.745. The van der Waals surface area contributed by atoms with Crippen LogP contribution in [0.25, 0.3) is 0 Å². The van der Waals surface area contributed by atoms with Crippen LogP contribution in [-0.2, 0) is 23.0 Å². The van der Waals surface area contributed by atoms with Crippen LogP contribution in [0, 0.1) is 0 Å². The number of amides is 1. The predicted octanol–water partition coefficient (Wildman–Crippen LogP) is 0.246. The van der Waals surface area contributed by atoms with Gasteiger partial charge in [0.2, 0.25) is 0 Å². The number of carbonyl (C=O) groups excluding carboxylic acids is 2. The van der Waals surface area contributed by atoms with E-state index < -0.39 is 17.9 Å². The van der Waals surface area contributed by atoms with Gasteiger partial charge in [0.05, 0.1) is 18.0 Å². The summed E-state index contributed by atoms with van der Waals surface area (Å²) < 4.78 is 6.24. The molecule has 1 heterocycles. The van der Waals surface area contributed by atoms with Crippen LogP contribution >= 0.6 is 0 Å². The molecule has 7 heteroatoms. The number of nitrogens with zero attached hydrogens (tertiary/aromatic N) is 2. The minimum Gasteiger partial charge on any atom is -0.464 e. The predicted molar refractivity (Wildman–Crippen MR) is 70.6 cm³/mol. The third-order valence-corrected chi connectivity index (χ3v) is 2.70. The molecule has 1 unspecified atom stereocenters. The van der Waals surface area contributed by atoms with Gasteiger partial charge in [-0.3, -0.25) is 9.48 Å². The molecule has 7 nitrogen and oxygen atoms in total. The van der Waals surface area contributed by atoms with Crippen LogP contribution in [0.1, 0.15) is 37.0 Å². The number of aryl methyl sites for hydroxylation is 2. The highest BCUT2D eigenvalue weighted by molar-refractivity contribution is 5.99. The molecule has 1 aromatic heterocycles. The Labute approximate surface area is 112 Å². The highest BCUT2D eigenvalue weighted by Crippen LogP contribution is 2.16. The van der Waals surface area contributed by atoms with Crippen molar-refractivity contribution in [3.63, 3.8) is 0 Å². The molecule has 0 saturated carbocycles. The van der Waals surface area contributed by atoms with E-state index in [2.05, 4.69) is 10.4 Å². The summed E-state index contributed by atoms with van der Waals surface area (Å²) in [6, 6.07) is -0.730. The van der Waals surface area contributed by atoms with Crippen LogP contribution in [0.3, 0.4) is 0 Å².